The average molecular weight is 257 g/mol. The molecule has 0 fully saturated rings. The van der Waals surface area contributed by atoms with E-state index in [1.54, 1.807) is 11.3 Å². The van der Waals surface area contributed by atoms with Gasteiger partial charge in [-0.15, -0.1) is 36.2 Å². The molecule has 0 amide bonds. The largest absolute Gasteiger partial charge is 0.375 e. The van der Waals surface area contributed by atoms with E-state index in [1.165, 1.54) is 10.6 Å². The van der Waals surface area contributed by atoms with Crippen molar-refractivity contribution in [2.45, 2.75) is 19.4 Å². The van der Waals surface area contributed by atoms with Gasteiger partial charge in [0.2, 0.25) is 0 Å². The SMILES string of the molecule is Cl.Cl.NCCc1nc2c(s1)COCC2. The van der Waals surface area contributed by atoms with Gasteiger partial charge in [0.15, 0.2) is 0 Å². The van der Waals surface area contributed by atoms with Crippen molar-refractivity contribution in [1.29, 1.82) is 0 Å². The number of nitrogens with two attached hydrogens (primary N) is 1. The Balaban J connectivity index is 0.000000845. The van der Waals surface area contributed by atoms with Gasteiger partial charge in [-0.3, -0.25) is 0 Å². The molecular weight excluding hydrogens is 243 g/mol. The summed E-state index contributed by atoms with van der Waals surface area (Å²) >= 11 is 1.74. The van der Waals surface area contributed by atoms with Crippen molar-refractivity contribution < 1.29 is 4.74 Å². The highest BCUT2D eigenvalue weighted by atomic mass is 35.5. The molecule has 82 valence electrons. The fourth-order valence-electron chi connectivity index (χ4n) is 1.31. The van der Waals surface area contributed by atoms with Gasteiger partial charge >= 0.3 is 0 Å². The third kappa shape index (κ3) is 3.07. The Bertz CT molecular complexity index is 257. The monoisotopic (exact) mass is 256 g/mol. The highest BCUT2D eigenvalue weighted by molar-refractivity contribution is 7.11. The quantitative estimate of drug-likeness (QED) is 0.874. The lowest BCUT2D eigenvalue weighted by atomic mass is 10.2. The number of halogens is 2. The van der Waals surface area contributed by atoms with E-state index < -0.39 is 0 Å². The van der Waals surface area contributed by atoms with Gasteiger partial charge in [-0.1, -0.05) is 0 Å². The predicted octanol–water partition coefficient (Wildman–Crippen LogP) is 1.56. The first-order valence-electron chi connectivity index (χ1n) is 4.15. The number of hydrogen-bond donors (Lipinski definition) is 1. The van der Waals surface area contributed by atoms with Crippen LogP contribution in [0.4, 0.5) is 0 Å². The maximum Gasteiger partial charge on any atom is 0.0944 e. The Morgan fingerprint density at radius 2 is 2.21 bits per heavy atom. The van der Waals surface area contributed by atoms with Crippen molar-refractivity contribution >= 4 is 36.2 Å². The van der Waals surface area contributed by atoms with Gasteiger partial charge in [0.05, 0.1) is 28.8 Å². The number of nitrogens with zero attached hydrogens (tertiary/aromatic N) is 1. The molecule has 0 bridgehead atoms. The molecule has 0 spiro atoms. The van der Waals surface area contributed by atoms with Crippen LogP contribution in [0.2, 0.25) is 0 Å². The highest BCUT2D eigenvalue weighted by Gasteiger charge is 2.14. The number of thiazole rings is 1. The number of rotatable bonds is 2. The maximum atomic E-state index is 5.45. The van der Waals surface area contributed by atoms with Crippen LogP contribution in [0, 0.1) is 0 Å². The third-order valence-electron chi connectivity index (χ3n) is 1.90. The number of aromatic nitrogens is 1. The van der Waals surface area contributed by atoms with Gasteiger partial charge in [-0.25, -0.2) is 4.98 Å². The Morgan fingerprint density at radius 3 is 2.86 bits per heavy atom. The molecule has 0 atom stereocenters. The number of hydrogen-bond acceptors (Lipinski definition) is 4. The summed E-state index contributed by atoms with van der Waals surface area (Å²) in [5, 5.41) is 1.16. The molecule has 2 rings (SSSR count). The Labute approximate surface area is 99.9 Å². The van der Waals surface area contributed by atoms with Crippen molar-refractivity contribution in [1.82, 2.24) is 4.98 Å². The van der Waals surface area contributed by atoms with Gasteiger partial charge in [0.25, 0.3) is 0 Å². The minimum atomic E-state index is 0. The zero-order valence-corrected chi connectivity index (χ0v) is 10.1. The van der Waals surface area contributed by atoms with E-state index in [-0.39, 0.29) is 24.8 Å². The van der Waals surface area contributed by atoms with E-state index in [0.29, 0.717) is 6.54 Å². The topological polar surface area (TPSA) is 48.1 Å². The van der Waals surface area contributed by atoms with Crippen molar-refractivity contribution in [2.24, 2.45) is 5.73 Å². The number of ether oxygens (including phenoxy) is 1. The molecule has 0 aromatic carbocycles. The molecule has 2 N–H and O–H groups in total. The molecule has 1 aromatic rings. The van der Waals surface area contributed by atoms with Gasteiger partial charge in [0.1, 0.15) is 0 Å². The minimum Gasteiger partial charge on any atom is -0.375 e. The molecule has 1 aliphatic rings. The van der Waals surface area contributed by atoms with Crippen molar-refractivity contribution in [3.8, 4) is 0 Å². The summed E-state index contributed by atoms with van der Waals surface area (Å²) in [6.45, 7) is 2.25. The molecule has 0 saturated heterocycles. The zero-order chi connectivity index (χ0) is 8.39. The van der Waals surface area contributed by atoms with E-state index in [0.717, 1.165) is 31.1 Å². The van der Waals surface area contributed by atoms with Gasteiger partial charge in [-0.2, -0.15) is 0 Å². The molecule has 0 aliphatic carbocycles. The van der Waals surface area contributed by atoms with E-state index >= 15 is 0 Å². The van der Waals surface area contributed by atoms with Crippen LogP contribution in [-0.4, -0.2) is 18.1 Å². The molecule has 2 heterocycles. The molecule has 0 saturated carbocycles. The van der Waals surface area contributed by atoms with Crippen LogP contribution in [0.5, 0.6) is 0 Å². The fraction of sp³-hybridized carbons (Fsp3) is 0.625. The molecule has 1 aliphatic heterocycles. The van der Waals surface area contributed by atoms with Crippen molar-refractivity contribution in [3.63, 3.8) is 0 Å². The second-order valence-corrected chi connectivity index (χ2v) is 3.99. The summed E-state index contributed by atoms with van der Waals surface area (Å²) in [7, 11) is 0. The lowest BCUT2D eigenvalue weighted by molar-refractivity contribution is 0.112. The number of fused-ring (bicyclic) bond motifs is 1. The second kappa shape index (κ2) is 6.58. The summed E-state index contributed by atoms with van der Waals surface area (Å²) in [5.74, 6) is 0. The fourth-order valence-corrected chi connectivity index (χ4v) is 2.38. The lowest BCUT2D eigenvalue weighted by Gasteiger charge is -2.08. The summed E-state index contributed by atoms with van der Waals surface area (Å²) in [4.78, 5) is 5.80. The lowest BCUT2D eigenvalue weighted by Crippen LogP contribution is -2.07. The summed E-state index contributed by atoms with van der Waals surface area (Å²) in [6, 6.07) is 0. The molecule has 3 nitrogen and oxygen atoms in total. The summed E-state index contributed by atoms with van der Waals surface area (Å²) in [5.41, 5.74) is 6.69. The average Bonchev–Trinajstić information content (AvgIpc) is 2.47. The summed E-state index contributed by atoms with van der Waals surface area (Å²) < 4.78 is 5.33. The molecule has 0 radical (unpaired) electrons. The summed E-state index contributed by atoms with van der Waals surface area (Å²) in [6.07, 6.45) is 1.87. The Hall–Kier alpha value is 0.130. The second-order valence-electron chi connectivity index (χ2n) is 2.82. The molecule has 6 heteroatoms. The van der Waals surface area contributed by atoms with Crippen molar-refractivity contribution in [3.05, 3.63) is 15.6 Å². The van der Waals surface area contributed by atoms with Gasteiger partial charge in [0, 0.05) is 12.8 Å². The van der Waals surface area contributed by atoms with Gasteiger partial charge in [-0.05, 0) is 6.54 Å². The van der Waals surface area contributed by atoms with E-state index in [9.17, 15) is 0 Å². The van der Waals surface area contributed by atoms with Crippen LogP contribution in [0.25, 0.3) is 0 Å². The molecule has 1 aromatic heterocycles. The standard InChI is InChI=1S/C8H12N2OS.2ClH/c9-3-1-8-10-6-2-4-11-5-7(6)12-8;;/h1-5,9H2;2*1H. The van der Waals surface area contributed by atoms with Crippen LogP contribution in [0.3, 0.4) is 0 Å². The van der Waals surface area contributed by atoms with Crippen LogP contribution in [-0.2, 0) is 24.2 Å². The molecular formula is C8H14Cl2N2OS. The smallest absolute Gasteiger partial charge is 0.0944 e. The first kappa shape index (κ1) is 14.1. The first-order chi connectivity index (χ1) is 5.90. The third-order valence-corrected chi connectivity index (χ3v) is 3.03. The highest BCUT2D eigenvalue weighted by Crippen LogP contribution is 2.23. The Kier molecular flexibility index (Phi) is 6.64. The van der Waals surface area contributed by atoms with Crippen LogP contribution >= 0.6 is 36.2 Å². The van der Waals surface area contributed by atoms with Crippen LogP contribution in [0.15, 0.2) is 0 Å². The minimum absolute atomic E-state index is 0. The molecule has 14 heavy (non-hydrogen) atoms. The molecule has 0 unspecified atom stereocenters. The van der Waals surface area contributed by atoms with Crippen LogP contribution in [0.1, 0.15) is 15.6 Å². The predicted molar refractivity (Wildman–Crippen MR) is 62.7 cm³/mol. The van der Waals surface area contributed by atoms with E-state index in [1.807, 2.05) is 0 Å². The Morgan fingerprint density at radius 1 is 1.43 bits per heavy atom. The first-order valence-corrected chi connectivity index (χ1v) is 4.97. The van der Waals surface area contributed by atoms with Gasteiger partial charge < -0.3 is 10.5 Å². The van der Waals surface area contributed by atoms with E-state index in [2.05, 4.69) is 4.98 Å². The normalized spacial score (nSPS) is 13.8. The van der Waals surface area contributed by atoms with Crippen LogP contribution < -0.4 is 5.73 Å². The zero-order valence-electron chi connectivity index (χ0n) is 7.69. The van der Waals surface area contributed by atoms with E-state index in [4.69, 9.17) is 10.5 Å². The van der Waals surface area contributed by atoms with Crippen molar-refractivity contribution in [2.75, 3.05) is 13.2 Å². The maximum absolute atomic E-state index is 5.45.